The molecule has 0 spiro atoms. The van der Waals surface area contributed by atoms with Crippen molar-refractivity contribution in [1.29, 1.82) is 0 Å². The Balaban J connectivity index is 2.27. The van der Waals surface area contributed by atoms with E-state index in [4.69, 9.17) is 4.42 Å². The van der Waals surface area contributed by atoms with E-state index in [1.807, 2.05) is 0 Å². The van der Waals surface area contributed by atoms with Crippen LogP contribution in [0.25, 0.3) is 17.4 Å². The molecular formula is C14H12N2O5. The molecule has 1 aromatic carbocycles. The number of furan rings is 1. The Morgan fingerprint density at radius 3 is 2.33 bits per heavy atom. The van der Waals surface area contributed by atoms with E-state index in [1.165, 1.54) is 18.2 Å². The lowest BCUT2D eigenvalue weighted by Gasteiger charge is -1.96. The summed E-state index contributed by atoms with van der Waals surface area (Å²) in [5.41, 5.74) is 0.714. The summed E-state index contributed by atoms with van der Waals surface area (Å²) < 4.78 is 5.50. The molecule has 0 saturated heterocycles. The van der Waals surface area contributed by atoms with Crippen LogP contribution in [0.1, 0.15) is 19.1 Å². The number of allylic oxidation sites excluding steroid dienone is 1. The molecule has 0 unspecified atom stereocenters. The van der Waals surface area contributed by atoms with Gasteiger partial charge in [0.15, 0.2) is 0 Å². The SMILES string of the molecule is CC/C(=C\c1ccc(-c2ccc([N+](=O)[O-])cc2)o1)[N+](=O)[O-]. The first kappa shape index (κ1) is 14.4. The van der Waals surface area contributed by atoms with Crippen LogP contribution in [0.3, 0.4) is 0 Å². The quantitative estimate of drug-likeness (QED) is 0.614. The summed E-state index contributed by atoms with van der Waals surface area (Å²) in [6.07, 6.45) is 1.66. The minimum atomic E-state index is -0.481. The largest absolute Gasteiger partial charge is 0.456 e. The Morgan fingerprint density at radius 1 is 1.14 bits per heavy atom. The number of benzene rings is 1. The van der Waals surface area contributed by atoms with E-state index in [0.29, 0.717) is 23.5 Å². The first-order valence-corrected chi connectivity index (χ1v) is 6.21. The van der Waals surface area contributed by atoms with Gasteiger partial charge in [-0.2, -0.15) is 0 Å². The van der Waals surface area contributed by atoms with E-state index >= 15 is 0 Å². The molecule has 1 heterocycles. The van der Waals surface area contributed by atoms with Crippen molar-refractivity contribution in [1.82, 2.24) is 0 Å². The Kier molecular flexibility index (Phi) is 4.13. The van der Waals surface area contributed by atoms with Gasteiger partial charge in [0.1, 0.15) is 11.5 Å². The zero-order valence-electron chi connectivity index (χ0n) is 11.2. The van der Waals surface area contributed by atoms with E-state index in [2.05, 4.69) is 0 Å². The molecule has 0 saturated carbocycles. The fraction of sp³-hybridized carbons (Fsp3) is 0.143. The van der Waals surface area contributed by atoms with Gasteiger partial charge in [-0.05, 0) is 24.3 Å². The first-order valence-electron chi connectivity index (χ1n) is 6.21. The molecule has 108 valence electrons. The van der Waals surface area contributed by atoms with Crippen molar-refractivity contribution >= 4 is 11.8 Å². The number of rotatable bonds is 5. The van der Waals surface area contributed by atoms with Crippen LogP contribution in [0.5, 0.6) is 0 Å². The fourth-order valence-electron chi connectivity index (χ4n) is 1.78. The van der Waals surface area contributed by atoms with Crippen molar-refractivity contribution in [3.63, 3.8) is 0 Å². The van der Waals surface area contributed by atoms with Gasteiger partial charge in [-0.25, -0.2) is 0 Å². The first-order chi connectivity index (χ1) is 10.0. The Bertz CT molecular complexity index is 700. The molecule has 0 bridgehead atoms. The number of nitrogens with zero attached hydrogens (tertiary/aromatic N) is 2. The summed E-state index contributed by atoms with van der Waals surface area (Å²) in [5, 5.41) is 21.3. The van der Waals surface area contributed by atoms with Crippen LogP contribution in [0.4, 0.5) is 5.69 Å². The van der Waals surface area contributed by atoms with Gasteiger partial charge in [0, 0.05) is 24.1 Å². The van der Waals surface area contributed by atoms with Crippen LogP contribution in [0, 0.1) is 20.2 Å². The second kappa shape index (κ2) is 6.00. The molecule has 0 aliphatic rings. The van der Waals surface area contributed by atoms with Crippen molar-refractivity contribution in [3.8, 4) is 11.3 Å². The lowest BCUT2D eigenvalue weighted by Crippen LogP contribution is -1.95. The van der Waals surface area contributed by atoms with Gasteiger partial charge < -0.3 is 4.42 Å². The summed E-state index contributed by atoms with van der Waals surface area (Å²) in [5.74, 6) is 0.867. The molecular weight excluding hydrogens is 276 g/mol. The smallest absolute Gasteiger partial charge is 0.269 e. The van der Waals surface area contributed by atoms with Crippen LogP contribution >= 0.6 is 0 Å². The molecule has 0 amide bonds. The van der Waals surface area contributed by atoms with Gasteiger partial charge in [-0.1, -0.05) is 6.92 Å². The topological polar surface area (TPSA) is 99.4 Å². The van der Waals surface area contributed by atoms with Gasteiger partial charge >= 0.3 is 0 Å². The molecule has 1 aromatic heterocycles. The van der Waals surface area contributed by atoms with Crippen LogP contribution in [0.15, 0.2) is 46.5 Å². The molecule has 0 atom stereocenters. The predicted octanol–water partition coefficient (Wildman–Crippen LogP) is 3.88. The summed E-state index contributed by atoms with van der Waals surface area (Å²) in [6.45, 7) is 1.69. The van der Waals surface area contributed by atoms with Crippen molar-refractivity contribution in [2.45, 2.75) is 13.3 Å². The normalized spacial score (nSPS) is 11.4. The molecule has 0 aliphatic heterocycles. The van der Waals surface area contributed by atoms with Crippen molar-refractivity contribution in [2.24, 2.45) is 0 Å². The highest BCUT2D eigenvalue weighted by atomic mass is 16.6. The third-order valence-corrected chi connectivity index (χ3v) is 2.90. The molecule has 0 fully saturated rings. The maximum atomic E-state index is 10.7. The van der Waals surface area contributed by atoms with E-state index in [-0.39, 0.29) is 11.4 Å². The second-order valence-corrected chi connectivity index (χ2v) is 4.25. The molecule has 7 heteroatoms. The molecule has 0 N–H and O–H groups in total. The van der Waals surface area contributed by atoms with Gasteiger partial charge in [0.05, 0.1) is 15.9 Å². The fourth-order valence-corrected chi connectivity index (χ4v) is 1.78. The average Bonchev–Trinajstić information content (AvgIpc) is 2.93. The number of hydrogen-bond donors (Lipinski definition) is 0. The van der Waals surface area contributed by atoms with Crippen LogP contribution in [0.2, 0.25) is 0 Å². The highest BCUT2D eigenvalue weighted by Gasteiger charge is 2.11. The van der Waals surface area contributed by atoms with E-state index in [1.54, 1.807) is 31.2 Å². The van der Waals surface area contributed by atoms with Gasteiger partial charge in [-0.15, -0.1) is 0 Å². The predicted molar refractivity (Wildman–Crippen MR) is 76.1 cm³/mol. The molecule has 2 aromatic rings. The zero-order chi connectivity index (χ0) is 15.4. The second-order valence-electron chi connectivity index (χ2n) is 4.25. The number of nitro groups is 2. The minimum Gasteiger partial charge on any atom is -0.456 e. The molecule has 0 radical (unpaired) electrons. The van der Waals surface area contributed by atoms with E-state index in [9.17, 15) is 20.2 Å². The summed E-state index contributed by atoms with van der Waals surface area (Å²) in [7, 11) is 0. The Morgan fingerprint density at radius 2 is 1.81 bits per heavy atom. The van der Waals surface area contributed by atoms with Crippen molar-refractivity contribution in [2.75, 3.05) is 0 Å². The van der Waals surface area contributed by atoms with Gasteiger partial charge in [-0.3, -0.25) is 20.2 Å². The average molecular weight is 288 g/mol. The Hall–Kier alpha value is -2.96. The van der Waals surface area contributed by atoms with Gasteiger partial charge in [0.2, 0.25) is 5.70 Å². The van der Waals surface area contributed by atoms with Crippen LogP contribution < -0.4 is 0 Å². The number of non-ortho nitro benzene ring substituents is 1. The molecule has 7 nitrogen and oxygen atoms in total. The monoisotopic (exact) mass is 288 g/mol. The molecule has 2 rings (SSSR count). The third kappa shape index (κ3) is 3.33. The Labute approximate surface area is 119 Å². The summed E-state index contributed by atoms with van der Waals surface area (Å²) in [4.78, 5) is 20.4. The highest BCUT2D eigenvalue weighted by Crippen LogP contribution is 2.25. The van der Waals surface area contributed by atoms with Crippen molar-refractivity contribution in [3.05, 3.63) is 68.1 Å². The van der Waals surface area contributed by atoms with Crippen molar-refractivity contribution < 1.29 is 14.3 Å². The lowest BCUT2D eigenvalue weighted by atomic mass is 10.1. The standard InChI is InChI=1S/C14H12N2O5/c1-2-11(15(17)18)9-13-7-8-14(21-13)10-3-5-12(6-4-10)16(19)20/h3-9H,2H2,1H3/b11-9+. The third-order valence-electron chi connectivity index (χ3n) is 2.90. The molecule has 21 heavy (non-hydrogen) atoms. The summed E-state index contributed by atoms with van der Waals surface area (Å²) >= 11 is 0. The molecule has 0 aliphatic carbocycles. The number of nitro benzene ring substituents is 1. The van der Waals surface area contributed by atoms with Crippen LogP contribution in [-0.4, -0.2) is 9.85 Å². The van der Waals surface area contributed by atoms with Gasteiger partial charge in [0.25, 0.3) is 5.69 Å². The van der Waals surface area contributed by atoms with E-state index in [0.717, 1.165) is 0 Å². The highest BCUT2D eigenvalue weighted by molar-refractivity contribution is 5.61. The summed E-state index contributed by atoms with van der Waals surface area (Å²) in [6, 6.07) is 9.18. The van der Waals surface area contributed by atoms with E-state index < -0.39 is 9.85 Å². The zero-order valence-corrected chi connectivity index (χ0v) is 11.2. The number of hydrogen-bond acceptors (Lipinski definition) is 5. The maximum absolute atomic E-state index is 10.7. The van der Waals surface area contributed by atoms with Crippen LogP contribution in [-0.2, 0) is 0 Å². The maximum Gasteiger partial charge on any atom is 0.269 e. The minimum absolute atomic E-state index is 0.00736. The lowest BCUT2D eigenvalue weighted by molar-refractivity contribution is -0.425.